The van der Waals surface area contributed by atoms with Crippen molar-refractivity contribution in [2.45, 2.75) is 192 Å². The average molecular weight is 1310 g/mol. The summed E-state index contributed by atoms with van der Waals surface area (Å²) in [5.41, 5.74) is 18.1. The molecule has 1 saturated carbocycles. The highest BCUT2D eigenvalue weighted by atomic mass is 16.6. The first-order chi connectivity index (χ1) is 44.2. The molecular formula is C66H110N6O20. The predicted octanol–water partition coefficient (Wildman–Crippen LogP) is 6.20. The number of nitrogens with one attached hydrogen (secondary N) is 1. The molecule has 3 heterocycles. The summed E-state index contributed by atoms with van der Waals surface area (Å²) in [5.74, 6) is -8.47. The molecule has 0 aromatic carbocycles. The molecule has 92 heavy (non-hydrogen) atoms. The van der Waals surface area contributed by atoms with Gasteiger partial charge in [0.15, 0.2) is 5.78 Å². The molecule has 6 N–H and O–H groups in total. The van der Waals surface area contributed by atoms with Crippen molar-refractivity contribution >= 4 is 29.5 Å². The molecule has 1 unspecified atom stereocenters. The van der Waals surface area contributed by atoms with Crippen molar-refractivity contribution in [3.05, 3.63) is 58.0 Å². The van der Waals surface area contributed by atoms with Crippen LogP contribution in [0.4, 0.5) is 4.79 Å². The molecule has 3 aliphatic heterocycles. The molecular weight excluding hydrogens is 1200 g/mol. The summed E-state index contributed by atoms with van der Waals surface area (Å²) in [6.07, 6.45) is 7.61. The Kier molecular flexibility index (Phi) is 38.2. The first kappa shape index (κ1) is 79.7. The molecule has 3 fully saturated rings. The van der Waals surface area contributed by atoms with E-state index in [-0.39, 0.29) is 62.8 Å². The van der Waals surface area contributed by atoms with E-state index in [9.17, 15) is 44.8 Å². The molecule has 0 radical (unpaired) electrons. The Hall–Kier alpha value is -4.74. The van der Waals surface area contributed by atoms with Crippen LogP contribution in [-0.4, -0.2) is 236 Å². The fraction of sp³-hybridized carbons (Fsp3) is 0.803. The van der Waals surface area contributed by atoms with Gasteiger partial charge in [0.25, 0.3) is 11.7 Å². The van der Waals surface area contributed by atoms with Gasteiger partial charge in [-0.25, -0.2) is 9.59 Å². The number of ether oxygens (including phenoxy) is 12. The Morgan fingerprint density at radius 1 is 0.761 bits per heavy atom. The smallest absolute Gasteiger partial charge is 0.407 e. The number of hydrogen-bond donors (Lipinski definition) is 5. The zero-order valence-corrected chi connectivity index (χ0v) is 56.1. The molecule has 0 spiro atoms. The van der Waals surface area contributed by atoms with Crippen LogP contribution in [-0.2, 0) is 76.0 Å². The molecule has 2 amide bonds. The van der Waals surface area contributed by atoms with Crippen molar-refractivity contribution in [1.29, 1.82) is 0 Å². The number of alkyl carbamates (subject to hydrolysis) is 1. The van der Waals surface area contributed by atoms with E-state index in [4.69, 9.17) is 62.6 Å². The maximum Gasteiger partial charge on any atom is 0.407 e. The van der Waals surface area contributed by atoms with E-state index in [2.05, 4.69) is 15.3 Å². The molecule has 26 heteroatoms. The van der Waals surface area contributed by atoms with Crippen molar-refractivity contribution in [3.8, 4) is 0 Å². The van der Waals surface area contributed by atoms with Crippen molar-refractivity contribution in [2.75, 3.05) is 120 Å². The fourth-order valence-electron chi connectivity index (χ4n) is 12.0. The minimum absolute atomic E-state index is 0.0108. The number of methoxy groups -OCH3 is 2. The van der Waals surface area contributed by atoms with E-state index in [1.54, 1.807) is 40.9 Å². The number of azide groups is 1. The van der Waals surface area contributed by atoms with Gasteiger partial charge in [0, 0.05) is 69.2 Å². The van der Waals surface area contributed by atoms with Gasteiger partial charge in [0.2, 0.25) is 5.79 Å². The first-order valence-corrected chi connectivity index (χ1v) is 33.1. The standard InChI is InChI=1S/C66H110N6O20/c1-10-83-26-27-85-30-31-87-34-35-89-37-36-88-33-32-86-29-28-84-25-23-69-65(79)91-55-22-20-50(41-58(55)82-9)40-52(67)57-43-53(70-71-68)46(4)39-48(6)60(74)61(75)59(73)47(5)38-44(2)16-12-11-13-17-45(3)56(81-8)42-51-21-19-49(7)66(80,92-51)62(76)63(77)72-24-15-14-18-54(72)64(78)90-57/h11-13,16-17,39,44,46-47,49-58,60-61,74-75,80H,10,14-15,18-38,40-43,67H2,1-9H3,(H,69,79)/b13-11+,16-12+,45-17+,48-39+/t44-,46-,47-,49-,50+,51+,52-,53?,54+,55-,56+,57+,58-,60-,61+,66-/m1/s1. The first-order valence-electron chi connectivity index (χ1n) is 33.1. The Bertz CT molecular complexity index is 2370. The number of nitrogens with zero attached hydrogens (tertiary/aromatic N) is 4. The van der Waals surface area contributed by atoms with Gasteiger partial charge in [-0.1, -0.05) is 69.3 Å². The highest BCUT2D eigenvalue weighted by Crippen LogP contribution is 2.38. The lowest BCUT2D eigenvalue weighted by molar-refractivity contribution is -0.265. The van der Waals surface area contributed by atoms with E-state index in [0.717, 1.165) is 10.5 Å². The largest absolute Gasteiger partial charge is 0.459 e. The monoisotopic (exact) mass is 1310 g/mol. The number of Topliss-reactive ketones (excluding diaryl/α,β-unsaturated/α-hetero) is 2. The number of nitrogens with two attached hydrogens (primary N) is 1. The number of piperidine rings is 1. The summed E-state index contributed by atoms with van der Waals surface area (Å²) in [7, 11) is 3.07. The van der Waals surface area contributed by atoms with Gasteiger partial charge in [0.05, 0.1) is 104 Å². The number of carbonyl (C=O) groups excluding carboxylic acids is 5. The lowest BCUT2D eigenvalue weighted by atomic mass is 9.80. The number of carbonyl (C=O) groups is 5. The van der Waals surface area contributed by atoms with E-state index < -0.39 is 114 Å². The molecule has 2 bridgehead atoms. The average Bonchev–Trinajstić information content (AvgIpc) is 0.788. The van der Waals surface area contributed by atoms with Crippen LogP contribution in [0.25, 0.3) is 10.4 Å². The second-order valence-corrected chi connectivity index (χ2v) is 24.6. The second-order valence-electron chi connectivity index (χ2n) is 24.6. The summed E-state index contributed by atoms with van der Waals surface area (Å²) in [5, 5.41) is 41.5. The lowest BCUT2D eigenvalue weighted by Crippen LogP contribution is -2.61. The summed E-state index contributed by atoms with van der Waals surface area (Å²) >= 11 is 0. The molecule has 4 aliphatic rings. The predicted molar refractivity (Wildman–Crippen MR) is 341 cm³/mol. The maximum absolute atomic E-state index is 14.7. The van der Waals surface area contributed by atoms with E-state index in [1.165, 1.54) is 7.11 Å². The van der Waals surface area contributed by atoms with Crippen LogP contribution in [0, 0.1) is 29.6 Å². The van der Waals surface area contributed by atoms with Gasteiger partial charge in [-0.2, -0.15) is 0 Å². The third-order valence-electron chi connectivity index (χ3n) is 17.6. The highest BCUT2D eigenvalue weighted by molar-refractivity contribution is 6.39. The zero-order valence-electron chi connectivity index (χ0n) is 56.1. The Labute approximate surface area is 544 Å². The normalized spacial score (nSPS) is 32.6. The van der Waals surface area contributed by atoms with E-state index in [0.29, 0.717) is 137 Å². The number of fused-ring (bicyclic) bond motifs is 3. The third-order valence-corrected chi connectivity index (χ3v) is 17.6. The van der Waals surface area contributed by atoms with Crippen molar-refractivity contribution in [3.63, 3.8) is 0 Å². The minimum atomic E-state index is -2.50. The second kappa shape index (κ2) is 44.1. The van der Waals surface area contributed by atoms with E-state index in [1.807, 2.05) is 51.2 Å². The number of hydrogen-bond acceptors (Lipinski definition) is 22. The number of esters is 1. The lowest BCUT2D eigenvalue weighted by Gasteiger charge is -2.43. The molecule has 524 valence electrons. The quantitative estimate of drug-likeness (QED) is 0.0106. The summed E-state index contributed by atoms with van der Waals surface area (Å²) < 4.78 is 68.4. The molecule has 1 aliphatic carbocycles. The van der Waals surface area contributed by atoms with Gasteiger partial charge in [-0.3, -0.25) is 14.4 Å². The van der Waals surface area contributed by atoms with Gasteiger partial charge in [0.1, 0.15) is 30.5 Å². The molecule has 2 saturated heterocycles. The SMILES string of the molecule is CCOCCOCCOCCOCCOCCOCCOCCNC(=O)O[C@@H]1CC[C@@H](C[C@@H](N)[C@@H]2CC(N=[N+]=[N-])[C@H](C)/C=C(\C)[C@@H](O)[C@@H](O)C(=O)[C@H](C)C[C@H](C)/C=C/C=C/C=C(\C)[C@@H](OC)C[C@@H]3CC[C@@H](C)[C@@](O)(O3)C(=O)C(=O)N3CCCC[C@H]3C(=O)O2)C[C@H]1OC. The number of aliphatic hydroxyl groups excluding tert-OH is 2. The minimum Gasteiger partial charge on any atom is -0.459 e. The van der Waals surface area contributed by atoms with Crippen molar-refractivity contribution in [2.24, 2.45) is 40.4 Å². The molecule has 16 atom stereocenters. The van der Waals surface area contributed by atoms with Gasteiger partial charge < -0.3 is 88.1 Å². The molecule has 0 aromatic rings. The van der Waals surface area contributed by atoms with Crippen LogP contribution in [0.2, 0.25) is 0 Å². The molecule has 0 aromatic heterocycles. The third kappa shape index (κ3) is 27.5. The van der Waals surface area contributed by atoms with Gasteiger partial charge in [-0.05, 0) is 126 Å². The molecule has 4 rings (SSSR count). The molecule has 26 nitrogen and oxygen atoms in total. The Morgan fingerprint density at radius 3 is 1.98 bits per heavy atom. The maximum atomic E-state index is 14.7. The number of rotatable bonds is 29. The van der Waals surface area contributed by atoms with Gasteiger partial charge in [-0.15, -0.1) is 0 Å². The summed E-state index contributed by atoms with van der Waals surface area (Å²) in [6.45, 7) is 18.8. The van der Waals surface area contributed by atoms with Crippen LogP contribution in [0.1, 0.15) is 126 Å². The summed E-state index contributed by atoms with van der Waals surface area (Å²) in [4.78, 5) is 74.5. The van der Waals surface area contributed by atoms with Crippen molar-refractivity contribution < 1.29 is 96.1 Å². The number of cyclic esters (lactones) is 1. The zero-order chi connectivity index (χ0) is 67.4. The van der Waals surface area contributed by atoms with Crippen LogP contribution < -0.4 is 11.1 Å². The van der Waals surface area contributed by atoms with Crippen LogP contribution >= 0.6 is 0 Å². The Morgan fingerprint density at radius 2 is 1.38 bits per heavy atom. The number of ketones is 2. The topological polar surface area (TPSA) is 347 Å². The highest BCUT2D eigenvalue weighted by Gasteiger charge is 2.53. The number of amides is 2. The van der Waals surface area contributed by atoms with E-state index >= 15 is 0 Å². The van der Waals surface area contributed by atoms with Gasteiger partial charge >= 0.3 is 12.1 Å². The number of allylic oxidation sites excluding steroid dienone is 5. The number of aliphatic hydroxyl groups is 3. The Balaban J connectivity index is 1.41. The van der Waals surface area contributed by atoms with Crippen molar-refractivity contribution in [1.82, 2.24) is 10.2 Å². The van der Waals surface area contributed by atoms with Crippen LogP contribution in [0.5, 0.6) is 0 Å². The van der Waals surface area contributed by atoms with Crippen LogP contribution in [0.3, 0.4) is 0 Å². The summed E-state index contributed by atoms with van der Waals surface area (Å²) in [6, 6.07) is -3.14. The fourth-order valence-corrected chi connectivity index (χ4v) is 12.0. The van der Waals surface area contributed by atoms with Crippen LogP contribution in [0.15, 0.2) is 52.7 Å².